The number of phenolic OH excluding ortho intramolecular Hbond substituents is 1. The maximum atomic E-state index is 12.4. The van der Waals surface area contributed by atoms with Crippen molar-refractivity contribution in [3.05, 3.63) is 156 Å². The Balaban J connectivity index is 1.44. The van der Waals surface area contributed by atoms with Gasteiger partial charge in [-0.25, -0.2) is 9.97 Å². The van der Waals surface area contributed by atoms with Gasteiger partial charge >= 0.3 is 0 Å². The second-order valence-electron chi connectivity index (χ2n) is 20.9. The Morgan fingerprint density at radius 1 is 0.516 bits per heavy atom. The standard InChI is InChI=1S/C56H60N4OSi/c1-54(2,3)40-30-38(29-39(31-40)47-34-44(37-23-17-14-18-24-37)49(35-58-47)62(10,11)12)43-27-28-57-53-50(43)59-52(45-32-41(55(4,5)6)33-46(51(45)61)56(7,8)9)60(53)48-26-20-19-25-42(48)36-21-15-13-16-22-36/h13-35,61H,1-12H3. The second kappa shape index (κ2) is 15.7. The van der Waals surface area contributed by atoms with E-state index in [1.54, 1.807) is 0 Å². The van der Waals surface area contributed by atoms with E-state index in [0.717, 1.165) is 55.8 Å². The molecule has 0 bridgehead atoms. The summed E-state index contributed by atoms with van der Waals surface area (Å²) in [6.45, 7) is 27.1. The van der Waals surface area contributed by atoms with E-state index >= 15 is 0 Å². The third kappa shape index (κ3) is 8.16. The molecule has 0 atom stereocenters. The molecule has 3 aromatic heterocycles. The Morgan fingerprint density at radius 2 is 1.10 bits per heavy atom. The lowest BCUT2D eigenvalue weighted by molar-refractivity contribution is 0.446. The van der Waals surface area contributed by atoms with Crippen molar-refractivity contribution in [1.29, 1.82) is 0 Å². The average Bonchev–Trinajstić information content (AvgIpc) is 3.62. The van der Waals surface area contributed by atoms with Gasteiger partial charge in [0.2, 0.25) is 0 Å². The molecule has 0 saturated heterocycles. The van der Waals surface area contributed by atoms with Crippen molar-refractivity contribution in [2.45, 2.75) is 98.2 Å². The number of para-hydroxylation sites is 1. The molecular formula is C56H60N4OSi. The van der Waals surface area contributed by atoms with Gasteiger partial charge in [-0.2, -0.15) is 0 Å². The van der Waals surface area contributed by atoms with Crippen molar-refractivity contribution in [2.24, 2.45) is 0 Å². The van der Waals surface area contributed by atoms with Gasteiger partial charge in [0.25, 0.3) is 0 Å². The van der Waals surface area contributed by atoms with E-state index in [1.165, 1.54) is 21.9 Å². The molecule has 0 unspecified atom stereocenters. The molecule has 0 spiro atoms. The molecule has 0 aliphatic carbocycles. The fourth-order valence-corrected chi connectivity index (χ4v) is 9.86. The number of hydrogen-bond acceptors (Lipinski definition) is 4. The van der Waals surface area contributed by atoms with Crippen LogP contribution >= 0.6 is 0 Å². The predicted molar refractivity (Wildman–Crippen MR) is 265 cm³/mol. The summed E-state index contributed by atoms with van der Waals surface area (Å²) < 4.78 is 2.16. The monoisotopic (exact) mass is 832 g/mol. The van der Waals surface area contributed by atoms with Gasteiger partial charge < -0.3 is 5.11 Å². The summed E-state index contributed by atoms with van der Waals surface area (Å²) in [5.41, 5.74) is 14.2. The number of rotatable bonds is 7. The first-order valence-corrected chi connectivity index (χ1v) is 25.3. The van der Waals surface area contributed by atoms with Crippen LogP contribution in [-0.4, -0.2) is 32.7 Å². The van der Waals surface area contributed by atoms with Crippen LogP contribution in [0.15, 0.2) is 140 Å². The Kier molecular flexibility index (Phi) is 10.8. The van der Waals surface area contributed by atoms with E-state index < -0.39 is 8.07 Å². The fraction of sp³-hybridized carbons (Fsp3) is 0.268. The molecule has 0 saturated carbocycles. The first-order chi connectivity index (χ1) is 29.2. The summed E-state index contributed by atoms with van der Waals surface area (Å²) in [5, 5.41) is 13.8. The fourth-order valence-electron chi connectivity index (χ4n) is 8.39. The van der Waals surface area contributed by atoms with Crippen LogP contribution in [0.25, 0.3) is 72.9 Å². The van der Waals surface area contributed by atoms with Gasteiger partial charge in [0.05, 0.1) is 25.0 Å². The zero-order valence-corrected chi connectivity index (χ0v) is 39.5. The summed E-state index contributed by atoms with van der Waals surface area (Å²) in [6.07, 6.45) is 4.02. The third-order valence-electron chi connectivity index (χ3n) is 12.0. The topological polar surface area (TPSA) is 63.8 Å². The molecule has 3 heterocycles. The minimum absolute atomic E-state index is 0.154. The van der Waals surface area contributed by atoms with Gasteiger partial charge in [0.1, 0.15) is 11.3 Å². The normalized spacial score (nSPS) is 12.6. The number of aromatic hydroxyl groups is 1. The van der Waals surface area contributed by atoms with E-state index in [-0.39, 0.29) is 22.0 Å². The lowest BCUT2D eigenvalue weighted by atomic mass is 9.79. The van der Waals surface area contributed by atoms with Gasteiger partial charge in [-0.15, -0.1) is 0 Å². The highest BCUT2D eigenvalue weighted by Crippen LogP contribution is 2.45. The lowest BCUT2D eigenvalue weighted by Crippen LogP contribution is -2.39. The summed E-state index contributed by atoms with van der Waals surface area (Å²) in [4.78, 5) is 15.9. The van der Waals surface area contributed by atoms with Gasteiger partial charge in [-0.1, -0.05) is 173 Å². The average molecular weight is 833 g/mol. The molecule has 6 heteroatoms. The SMILES string of the molecule is CC(C)(C)c1cc(-c2cc(-c3ccccc3)c([Si](C)(C)C)cn2)cc(-c2ccnc3c2nc(-c2cc(C(C)(C)C)cc(C(C)(C)C)c2O)n3-c2ccccc2-c2ccccc2)c1. The number of pyridine rings is 2. The molecular weight excluding hydrogens is 773 g/mol. The van der Waals surface area contributed by atoms with Gasteiger partial charge in [-0.05, 0) is 91.2 Å². The Morgan fingerprint density at radius 3 is 1.71 bits per heavy atom. The lowest BCUT2D eigenvalue weighted by Gasteiger charge is -2.27. The third-order valence-corrected chi connectivity index (χ3v) is 14.0. The maximum Gasteiger partial charge on any atom is 0.165 e. The zero-order valence-electron chi connectivity index (χ0n) is 38.5. The van der Waals surface area contributed by atoms with Crippen LogP contribution in [0.3, 0.4) is 0 Å². The second-order valence-corrected chi connectivity index (χ2v) is 25.9. The van der Waals surface area contributed by atoms with E-state index in [2.05, 4.69) is 214 Å². The van der Waals surface area contributed by atoms with Gasteiger partial charge in [-0.3, -0.25) is 9.55 Å². The van der Waals surface area contributed by atoms with Crippen molar-refractivity contribution in [3.8, 4) is 67.5 Å². The largest absolute Gasteiger partial charge is 0.507 e. The highest BCUT2D eigenvalue weighted by Gasteiger charge is 2.30. The molecule has 1 N–H and O–H groups in total. The number of imidazole rings is 1. The Bertz CT molecular complexity index is 2940. The van der Waals surface area contributed by atoms with E-state index in [0.29, 0.717) is 17.0 Å². The minimum Gasteiger partial charge on any atom is -0.507 e. The minimum atomic E-state index is -1.73. The molecule has 0 aliphatic rings. The number of fused-ring (bicyclic) bond motifs is 1. The number of nitrogens with zero attached hydrogens (tertiary/aromatic N) is 4. The van der Waals surface area contributed by atoms with E-state index in [9.17, 15) is 5.11 Å². The van der Waals surface area contributed by atoms with E-state index in [4.69, 9.17) is 15.0 Å². The van der Waals surface area contributed by atoms with Crippen LogP contribution in [0.1, 0.15) is 79.0 Å². The van der Waals surface area contributed by atoms with Crippen LogP contribution in [0.4, 0.5) is 0 Å². The van der Waals surface area contributed by atoms with Crippen LogP contribution < -0.4 is 5.19 Å². The molecule has 0 radical (unpaired) electrons. The molecule has 5 aromatic carbocycles. The highest BCUT2D eigenvalue weighted by atomic mass is 28.3. The molecule has 62 heavy (non-hydrogen) atoms. The molecule has 5 nitrogen and oxygen atoms in total. The van der Waals surface area contributed by atoms with Gasteiger partial charge in [0, 0.05) is 34.6 Å². The van der Waals surface area contributed by atoms with Crippen LogP contribution in [0.2, 0.25) is 19.6 Å². The van der Waals surface area contributed by atoms with Crippen molar-refractivity contribution in [1.82, 2.24) is 19.5 Å². The quantitative estimate of drug-likeness (QED) is 0.163. The van der Waals surface area contributed by atoms with Gasteiger partial charge in [0.15, 0.2) is 11.5 Å². The highest BCUT2D eigenvalue weighted by molar-refractivity contribution is 6.89. The van der Waals surface area contributed by atoms with Crippen molar-refractivity contribution >= 4 is 24.4 Å². The molecule has 8 rings (SSSR count). The number of aromatic nitrogens is 4. The molecule has 8 aromatic rings. The maximum absolute atomic E-state index is 12.4. The number of hydrogen-bond donors (Lipinski definition) is 1. The molecule has 0 amide bonds. The smallest absolute Gasteiger partial charge is 0.165 e. The van der Waals surface area contributed by atoms with Crippen LogP contribution in [0.5, 0.6) is 5.75 Å². The van der Waals surface area contributed by atoms with Crippen molar-refractivity contribution in [2.75, 3.05) is 0 Å². The molecule has 0 aliphatic heterocycles. The zero-order chi connectivity index (χ0) is 44.4. The first-order valence-electron chi connectivity index (χ1n) is 21.8. The van der Waals surface area contributed by atoms with Crippen molar-refractivity contribution < 1.29 is 5.11 Å². The van der Waals surface area contributed by atoms with Crippen LogP contribution in [-0.2, 0) is 16.2 Å². The van der Waals surface area contributed by atoms with Crippen molar-refractivity contribution in [3.63, 3.8) is 0 Å². The first kappa shape index (κ1) is 42.6. The molecule has 314 valence electrons. The summed E-state index contributed by atoms with van der Waals surface area (Å²) >= 11 is 0. The number of phenols is 1. The van der Waals surface area contributed by atoms with E-state index in [1.807, 2.05) is 12.3 Å². The Hall–Kier alpha value is -6.11. The summed E-state index contributed by atoms with van der Waals surface area (Å²) in [5.74, 6) is 0.876. The summed E-state index contributed by atoms with van der Waals surface area (Å²) in [7, 11) is -1.73. The number of benzene rings is 5. The van der Waals surface area contributed by atoms with Crippen LogP contribution in [0, 0.1) is 0 Å². The summed E-state index contributed by atoms with van der Waals surface area (Å²) in [6, 6.07) is 45.2. The predicted octanol–water partition coefficient (Wildman–Crippen LogP) is 14.3. The molecule has 0 fully saturated rings. The Labute approximate surface area is 369 Å².